The first kappa shape index (κ1) is 17.1. The Kier molecular flexibility index (Phi) is 5.74. The van der Waals surface area contributed by atoms with Crippen molar-refractivity contribution >= 4 is 20.1 Å². The van der Waals surface area contributed by atoms with Crippen LogP contribution in [0.2, 0.25) is 0 Å². The van der Waals surface area contributed by atoms with Gasteiger partial charge in [-0.15, -0.1) is 0 Å². The van der Waals surface area contributed by atoms with E-state index >= 15 is 0 Å². The highest BCUT2D eigenvalue weighted by Gasteiger charge is 2.50. The molecule has 11 nitrogen and oxygen atoms in total. The molecule has 4 atom stereocenters. The Hall–Kier alpha value is -0.910. The van der Waals surface area contributed by atoms with Gasteiger partial charge >= 0.3 is 7.82 Å². The molecule has 1 saturated heterocycles. The molecule has 1 aliphatic rings. The van der Waals surface area contributed by atoms with Crippen molar-refractivity contribution in [1.29, 1.82) is 0 Å². The van der Waals surface area contributed by atoms with Crippen LogP contribution in [0.5, 0.6) is 0 Å². The molecule has 0 aliphatic carbocycles. The number of hydrogen-bond donors (Lipinski definition) is 5. The second kappa shape index (κ2) is 6.70. The third kappa shape index (κ3) is 3.81. The molecule has 2 amide bonds. The summed E-state index contributed by atoms with van der Waals surface area (Å²) in [7, 11) is -5.02. The molecule has 1 unspecified atom stereocenters. The van der Waals surface area contributed by atoms with Gasteiger partial charge in [0, 0.05) is 0 Å². The van der Waals surface area contributed by atoms with Crippen LogP contribution in [-0.4, -0.2) is 74.9 Å². The topological polar surface area (TPSA) is 180 Å². The fourth-order valence-corrected chi connectivity index (χ4v) is 2.28. The number of nitrogens with two attached hydrogens (primary N) is 1. The van der Waals surface area contributed by atoms with Crippen molar-refractivity contribution in [3.05, 3.63) is 0 Å². The van der Waals surface area contributed by atoms with Gasteiger partial charge in [0.25, 0.3) is 0 Å². The smallest absolute Gasteiger partial charge is 0.394 e. The molecule has 0 aromatic heterocycles. The van der Waals surface area contributed by atoms with Crippen LogP contribution in [0.1, 0.15) is 0 Å². The van der Waals surface area contributed by atoms with Gasteiger partial charge in [-0.05, 0) is 0 Å². The van der Waals surface area contributed by atoms with Crippen LogP contribution in [0.25, 0.3) is 0 Å². The lowest BCUT2D eigenvalue weighted by molar-refractivity contribution is -0.157. The number of imide groups is 1. The number of aliphatic hydroxyl groups excluding tert-OH is 2. The van der Waals surface area contributed by atoms with Crippen molar-refractivity contribution in [3.63, 3.8) is 0 Å². The predicted molar refractivity (Wildman–Crippen MR) is 60.6 cm³/mol. The fraction of sp³-hybridized carbons (Fsp3) is 0.750. The number of ether oxygens (including phenoxy) is 1. The Bertz CT molecular complexity index is 413. The van der Waals surface area contributed by atoms with E-state index in [0.29, 0.717) is 4.90 Å². The number of carbonyl (C=O) groups is 2. The summed E-state index contributed by atoms with van der Waals surface area (Å²) < 4.78 is 20.2. The monoisotopic (exact) mass is 314 g/mol. The number of carbonyl (C=O) groups excluding carboxylic acids is 2. The summed E-state index contributed by atoms with van der Waals surface area (Å²) in [6.07, 6.45) is -6.21. The first-order valence-electron chi connectivity index (χ1n) is 5.40. The number of hydrogen-bond acceptors (Lipinski definition) is 8. The molecule has 0 saturated carbocycles. The maximum atomic E-state index is 11.4. The highest BCUT2D eigenvalue weighted by atomic mass is 31.2. The quantitative estimate of drug-likeness (QED) is 0.243. The molecule has 0 spiro atoms. The molecule has 1 rings (SSSR count). The minimum atomic E-state index is -5.02. The van der Waals surface area contributed by atoms with Crippen LogP contribution in [-0.2, 0) is 23.4 Å². The van der Waals surface area contributed by atoms with Crippen molar-refractivity contribution in [2.45, 2.75) is 24.5 Å². The number of phosphoric acid groups is 1. The van der Waals surface area contributed by atoms with E-state index in [-0.39, 0.29) is 6.41 Å². The third-order valence-electron chi connectivity index (χ3n) is 2.60. The lowest BCUT2D eigenvalue weighted by Crippen LogP contribution is -2.49. The van der Waals surface area contributed by atoms with E-state index in [1.54, 1.807) is 0 Å². The third-order valence-corrected chi connectivity index (χ3v) is 3.12. The van der Waals surface area contributed by atoms with E-state index in [9.17, 15) is 19.3 Å². The van der Waals surface area contributed by atoms with Crippen LogP contribution >= 0.6 is 7.82 Å². The number of nitrogens with zero attached hydrogens (tertiary/aromatic N) is 1. The second-order valence-electron chi connectivity index (χ2n) is 3.91. The summed E-state index contributed by atoms with van der Waals surface area (Å²) in [5.74, 6) is -0.907. The minimum Gasteiger partial charge on any atom is -0.394 e. The summed E-state index contributed by atoms with van der Waals surface area (Å²) in [5, 5.41) is 18.7. The SMILES string of the molecule is NCC(=O)N(C=O)C1O[C@H](CO)[C@@H](O)[C@H]1OP(=O)(O)O. The van der Waals surface area contributed by atoms with E-state index in [1.807, 2.05) is 0 Å². The van der Waals surface area contributed by atoms with E-state index < -0.39 is 51.4 Å². The molecule has 1 fully saturated rings. The van der Waals surface area contributed by atoms with E-state index in [2.05, 4.69) is 4.52 Å². The summed E-state index contributed by atoms with van der Waals surface area (Å²) in [6, 6.07) is 0. The average molecular weight is 314 g/mol. The number of amides is 2. The minimum absolute atomic E-state index is 0.0301. The largest absolute Gasteiger partial charge is 0.470 e. The van der Waals surface area contributed by atoms with Crippen LogP contribution in [0, 0.1) is 0 Å². The van der Waals surface area contributed by atoms with Gasteiger partial charge in [-0.1, -0.05) is 0 Å². The standard InChI is InChI=1S/C8H15N2O9P/c9-1-5(13)10(3-12)8-7(19-20(15,16)17)6(14)4(2-11)18-8/h3-4,6-8,11,14H,1-2,9H2,(H2,15,16,17)/t4-,6-,7-,8?/m1/s1. The van der Waals surface area contributed by atoms with Crippen molar-refractivity contribution in [2.24, 2.45) is 5.73 Å². The second-order valence-corrected chi connectivity index (χ2v) is 5.10. The molecule has 1 aliphatic heterocycles. The Morgan fingerprint density at radius 3 is 2.50 bits per heavy atom. The van der Waals surface area contributed by atoms with Crippen molar-refractivity contribution in [3.8, 4) is 0 Å². The average Bonchev–Trinajstić information content (AvgIpc) is 2.66. The van der Waals surface area contributed by atoms with Gasteiger partial charge in [0.15, 0.2) is 6.23 Å². The molecule has 20 heavy (non-hydrogen) atoms. The zero-order chi connectivity index (χ0) is 15.5. The molecular weight excluding hydrogens is 299 g/mol. The van der Waals surface area contributed by atoms with Crippen molar-refractivity contribution in [1.82, 2.24) is 4.90 Å². The summed E-state index contributed by atoms with van der Waals surface area (Å²) >= 11 is 0. The van der Waals surface area contributed by atoms with E-state index in [0.717, 1.165) is 0 Å². The Morgan fingerprint density at radius 1 is 1.50 bits per heavy atom. The summed E-state index contributed by atoms with van der Waals surface area (Å²) in [6.45, 7) is -1.27. The number of phosphoric ester groups is 1. The van der Waals surface area contributed by atoms with Gasteiger partial charge in [0.05, 0.1) is 13.2 Å². The van der Waals surface area contributed by atoms with Gasteiger partial charge in [0.2, 0.25) is 12.3 Å². The normalized spacial score (nSPS) is 30.2. The van der Waals surface area contributed by atoms with Gasteiger partial charge < -0.3 is 30.5 Å². The molecular formula is C8H15N2O9P. The van der Waals surface area contributed by atoms with Crippen LogP contribution in [0.15, 0.2) is 0 Å². The number of rotatable bonds is 6. The first-order chi connectivity index (χ1) is 9.25. The van der Waals surface area contributed by atoms with Crippen LogP contribution in [0.4, 0.5) is 0 Å². The lowest BCUT2D eigenvalue weighted by Gasteiger charge is -2.27. The molecule has 12 heteroatoms. The lowest BCUT2D eigenvalue weighted by atomic mass is 10.1. The first-order valence-corrected chi connectivity index (χ1v) is 6.93. The number of aliphatic hydroxyl groups is 2. The molecule has 0 aromatic carbocycles. The van der Waals surface area contributed by atoms with Gasteiger partial charge in [-0.3, -0.25) is 19.0 Å². The predicted octanol–water partition coefficient (Wildman–Crippen LogP) is -3.51. The Morgan fingerprint density at radius 2 is 2.10 bits per heavy atom. The van der Waals surface area contributed by atoms with Gasteiger partial charge in [0.1, 0.15) is 18.3 Å². The fourth-order valence-electron chi connectivity index (χ4n) is 1.73. The molecule has 116 valence electrons. The van der Waals surface area contributed by atoms with Crippen molar-refractivity contribution < 1.29 is 43.4 Å². The molecule has 0 bridgehead atoms. The summed E-state index contributed by atoms with van der Waals surface area (Å²) in [5.41, 5.74) is 5.08. The Balaban J connectivity index is 3.03. The van der Waals surface area contributed by atoms with Crippen LogP contribution < -0.4 is 5.73 Å². The Labute approximate surface area is 113 Å². The molecule has 0 aromatic rings. The van der Waals surface area contributed by atoms with E-state index in [4.69, 9.17) is 25.4 Å². The molecule has 1 heterocycles. The zero-order valence-corrected chi connectivity index (χ0v) is 11.0. The van der Waals surface area contributed by atoms with Crippen molar-refractivity contribution in [2.75, 3.05) is 13.2 Å². The van der Waals surface area contributed by atoms with Gasteiger partial charge in [-0.2, -0.15) is 0 Å². The van der Waals surface area contributed by atoms with Crippen LogP contribution in [0.3, 0.4) is 0 Å². The van der Waals surface area contributed by atoms with Gasteiger partial charge in [-0.25, -0.2) is 4.57 Å². The maximum Gasteiger partial charge on any atom is 0.470 e. The molecule has 0 radical (unpaired) electrons. The van der Waals surface area contributed by atoms with E-state index in [1.165, 1.54) is 0 Å². The molecule has 6 N–H and O–H groups in total. The maximum absolute atomic E-state index is 11.4. The summed E-state index contributed by atoms with van der Waals surface area (Å²) in [4.78, 5) is 40.3. The zero-order valence-electron chi connectivity index (χ0n) is 10.1. The highest BCUT2D eigenvalue weighted by Crippen LogP contribution is 2.42. The highest BCUT2D eigenvalue weighted by molar-refractivity contribution is 7.46.